The zero-order chi connectivity index (χ0) is 22.0. The molecule has 0 N–H and O–H groups in total. The number of rotatable bonds is 6. The van der Waals surface area contributed by atoms with Crippen LogP contribution < -0.4 is 4.74 Å². The zero-order valence-corrected chi connectivity index (χ0v) is 16.9. The number of imidazole rings is 1. The zero-order valence-electron chi connectivity index (χ0n) is 16.9. The minimum Gasteiger partial charge on any atom is -0.495 e. The number of benzene rings is 2. The third-order valence-corrected chi connectivity index (χ3v) is 4.79. The molecule has 0 fully saturated rings. The van der Waals surface area contributed by atoms with E-state index in [0.717, 1.165) is 29.1 Å². The van der Waals surface area contributed by atoms with Gasteiger partial charge in [-0.25, -0.2) is 28.1 Å². The number of nitrogens with zero attached hydrogens (tertiary/aromatic N) is 4. The summed E-state index contributed by atoms with van der Waals surface area (Å²) in [6.45, 7) is 1.91. The van der Waals surface area contributed by atoms with Gasteiger partial charge in [0.25, 0.3) is 0 Å². The van der Waals surface area contributed by atoms with E-state index in [4.69, 9.17) is 4.74 Å². The number of aryl methyl sites for hydroxylation is 1. The fourth-order valence-corrected chi connectivity index (χ4v) is 3.32. The lowest BCUT2D eigenvalue weighted by Crippen LogP contribution is -2.03. The maximum Gasteiger partial charge on any atom is 0.194 e. The van der Waals surface area contributed by atoms with Gasteiger partial charge in [-0.05, 0) is 48.4 Å². The van der Waals surface area contributed by atoms with Crippen LogP contribution in [0.3, 0.4) is 0 Å². The molecular weight excluding hydrogens is 405 g/mol. The highest BCUT2D eigenvalue weighted by molar-refractivity contribution is 5.49. The Labute approximate surface area is 177 Å². The molecule has 2 aromatic carbocycles. The van der Waals surface area contributed by atoms with E-state index in [1.807, 2.05) is 35.9 Å². The van der Waals surface area contributed by atoms with E-state index in [2.05, 4.69) is 15.0 Å². The summed E-state index contributed by atoms with van der Waals surface area (Å²) in [5.74, 6) is -2.68. The molecule has 0 bridgehead atoms. The predicted octanol–water partition coefficient (Wildman–Crippen LogP) is 4.58. The van der Waals surface area contributed by atoms with Gasteiger partial charge in [-0.1, -0.05) is 6.07 Å². The molecule has 31 heavy (non-hydrogen) atoms. The van der Waals surface area contributed by atoms with E-state index in [1.165, 1.54) is 0 Å². The summed E-state index contributed by atoms with van der Waals surface area (Å²) in [6.07, 6.45) is 5.82. The Morgan fingerprint density at radius 3 is 2.39 bits per heavy atom. The fraction of sp³-hybridized carbons (Fsp3) is 0.174. The Morgan fingerprint density at radius 2 is 1.71 bits per heavy atom. The van der Waals surface area contributed by atoms with Crippen LogP contribution in [0, 0.1) is 24.4 Å². The van der Waals surface area contributed by atoms with Crippen LogP contribution >= 0.6 is 0 Å². The lowest BCUT2D eigenvalue weighted by Gasteiger charge is -2.11. The quantitative estimate of drug-likeness (QED) is 0.425. The van der Waals surface area contributed by atoms with Crippen molar-refractivity contribution in [3.05, 3.63) is 101 Å². The van der Waals surface area contributed by atoms with Crippen molar-refractivity contribution in [2.24, 2.45) is 0 Å². The van der Waals surface area contributed by atoms with Crippen molar-refractivity contribution in [3.63, 3.8) is 0 Å². The van der Waals surface area contributed by atoms with Gasteiger partial charge in [0.05, 0.1) is 24.8 Å². The first kappa shape index (κ1) is 20.6. The minimum atomic E-state index is -1.48. The van der Waals surface area contributed by atoms with Gasteiger partial charge < -0.3 is 9.30 Å². The molecule has 8 heteroatoms. The average Bonchev–Trinajstić information content (AvgIpc) is 3.18. The van der Waals surface area contributed by atoms with Crippen LogP contribution in [-0.4, -0.2) is 26.6 Å². The standard InChI is InChI=1S/C23H19F3N4O/c1-14-12-30(13-28-14)20-4-3-15(10-21(20)31-2)11-22-27-6-5-17(29-22)7-16-8-18(24)23(26)19(25)9-16/h3-6,8-10,12-13H,7,11H2,1-2H3. The van der Waals surface area contributed by atoms with Crippen LogP contribution in [0.2, 0.25) is 0 Å². The molecule has 0 radical (unpaired) electrons. The SMILES string of the molecule is COc1cc(Cc2nccc(Cc3cc(F)c(F)c(F)c3)n2)ccc1-n1cnc(C)c1. The predicted molar refractivity (Wildman–Crippen MR) is 109 cm³/mol. The highest BCUT2D eigenvalue weighted by Crippen LogP contribution is 2.25. The van der Waals surface area contributed by atoms with Gasteiger partial charge in [0.15, 0.2) is 17.5 Å². The summed E-state index contributed by atoms with van der Waals surface area (Å²) in [5, 5.41) is 0. The molecule has 0 aliphatic carbocycles. The summed E-state index contributed by atoms with van der Waals surface area (Å²) in [6, 6.07) is 9.40. The molecule has 2 aromatic heterocycles. The second kappa shape index (κ2) is 8.59. The maximum atomic E-state index is 13.5. The maximum absolute atomic E-state index is 13.5. The lowest BCUT2D eigenvalue weighted by molar-refractivity contribution is 0.412. The van der Waals surface area contributed by atoms with Gasteiger partial charge in [-0.2, -0.15) is 0 Å². The van der Waals surface area contributed by atoms with E-state index in [-0.39, 0.29) is 6.42 Å². The molecule has 0 amide bonds. The molecule has 158 valence electrons. The van der Waals surface area contributed by atoms with E-state index in [0.29, 0.717) is 29.3 Å². The summed E-state index contributed by atoms with van der Waals surface area (Å²) < 4.78 is 47.5. The summed E-state index contributed by atoms with van der Waals surface area (Å²) in [4.78, 5) is 13.0. The fourth-order valence-electron chi connectivity index (χ4n) is 3.32. The van der Waals surface area contributed by atoms with Crippen molar-refractivity contribution in [1.29, 1.82) is 0 Å². The average molecular weight is 424 g/mol. The van der Waals surface area contributed by atoms with Crippen LogP contribution in [0.1, 0.15) is 28.3 Å². The third kappa shape index (κ3) is 4.58. The molecule has 0 saturated carbocycles. The monoisotopic (exact) mass is 424 g/mol. The second-order valence-electron chi connectivity index (χ2n) is 7.12. The largest absolute Gasteiger partial charge is 0.495 e. The first-order valence-corrected chi connectivity index (χ1v) is 9.55. The van der Waals surface area contributed by atoms with Gasteiger partial charge >= 0.3 is 0 Å². The first-order valence-electron chi connectivity index (χ1n) is 9.55. The minimum absolute atomic E-state index is 0.159. The van der Waals surface area contributed by atoms with Gasteiger partial charge in [0.2, 0.25) is 0 Å². The molecule has 0 unspecified atom stereocenters. The number of hydrogen-bond acceptors (Lipinski definition) is 4. The molecule has 4 rings (SSSR count). The molecule has 0 saturated heterocycles. The van der Waals surface area contributed by atoms with E-state index < -0.39 is 17.5 Å². The Kier molecular flexibility index (Phi) is 5.70. The molecule has 0 spiro atoms. The van der Waals surface area contributed by atoms with Gasteiger partial charge in [-0.3, -0.25) is 0 Å². The van der Waals surface area contributed by atoms with E-state index in [1.54, 1.807) is 25.7 Å². The highest BCUT2D eigenvalue weighted by Gasteiger charge is 2.12. The van der Waals surface area contributed by atoms with Crippen LogP contribution in [0.25, 0.3) is 5.69 Å². The highest BCUT2D eigenvalue weighted by atomic mass is 19.2. The molecule has 2 heterocycles. The van der Waals surface area contributed by atoms with Crippen molar-refractivity contribution >= 4 is 0 Å². The molecular formula is C23H19F3N4O. The van der Waals surface area contributed by atoms with E-state index >= 15 is 0 Å². The van der Waals surface area contributed by atoms with Gasteiger partial charge in [0.1, 0.15) is 11.6 Å². The summed E-state index contributed by atoms with van der Waals surface area (Å²) >= 11 is 0. The Balaban J connectivity index is 1.55. The van der Waals surface area contributed by atoms with Gasteiger partial charge in [-0.15, -0.1) is 0 Å². The van der Waals surface area contributed by atoms with Crippen LogP contribution in [0.4, 0.5) is 13.2 Å². The first-order chi connectivity index (χ1) is 14.9. The Bertz CT molecular complexity index is 1220. The third-order valence-electron chi connectivity index (χ3n) is 4.79. The molecule has 4 aromatic rings. The number of hydrogen-bond donors (Lipinski definition) is 0. The normalized spacial score (nSPS) is 11.0. The molecule has 0 atom stereocenters. The summed E-state index contributed by atoms with van der Waals surface area (Å²) in [5.41, 5.74) is 3.57. The second-order valence-corrected chi connectivity index (χ2v) is 7.12. The smallest absolute Gasteiger partial charge is 0.194 e. The Morgan fingerprint density at radius 1 is 0.935 bits per heavy atom. The van der Waals surface area contributed by atoms with Crippen molar-refractivity contribution in [2.75, 3.05) is 7.11 Å². The van der Waals surface area contributed by atoms with Crippen molar-refractivity contribution in [1.82, 2.24) is 19.5 Å². The van der Waals surface area contributed by atoms with Gasteiger partial charge in [0, 0.05) is 30.9 Å². The summed E-state index contributed by atoms with van der Waals surface area (Å²) in [7, 11) is 1.60. The molecule has 5 nitrogen and oxygen atoms in total. The number of ether oxygens (including phenoxy) is 1. The van der Waals surface area contributed by atoms with Crippen molar-refractivity contribution in [3.8, 4) is 11.4 Å². The van der Waals surface area contributed by atoms with E-state index in [9.17, 15) is 13.2 Å². The van der Waals surface area contributed by atoms with Crippen molar-refractivity contribution < 1.29 is 17.9 Å². The molecule has 0 aliphatic rings. The topological polar surface area (TPSA) is 52.8 Å². The Hall–Kier alpha value is -3.68. The number of halogens is 3. The van der Waals surface area contributed by atoms with Crippen LogP contribution in [0.15, 0.2) is 55.1 Å². The van der Waals surface area contributed by atoms with Crippen LogP contribution in [0.5, 0.6) is 5.75 Å². The van der Waals surface area contributed by atoms with Crippen molar-refractivity contribution in [2.45, 2.75) is 19.8 Å². The number of aromatic nitrogens is 4. The number of methoxy groups -OCH3 is 1. The lowest BCUT2D eigenvalue weighted by atomic mass is 10.1. The molecule has 0 aliphatic heterocycles. The van der Waals surface area contributed by atoms with Crippen LogP contribution in [-0.2, 0) is 12.8 Å².